The number of rotatable bonds is 6. The van der Waals surface area contributed by atoms with Gasteiger partial charge in [0.1, 0.15) is 18.7 Å². The summed E-state index contributed by atoms with van der Waals surface area (Å²) in [6.45, 7) is 5.00. The highest BCUT2D eigenvalue weighted by Gasteiger charge is 2.19. The highest BCUT2D eigenvalue weighted by molar-refractivity contribution is 7.71. The molecule has 30 heavy (non-hydrogen) atoms. The van der Waals surface area contributed by atoms with Crippen molar-refractivity contribution in [3.8, 4) is 17.1 Å². The fraction of sp³-hybridized carbons (Fsp3) is 0.273. The maximum absolute atomic E-state index is 5.68. The van der Waals surface area contributed by atoms with Gasteiger partial charge in [0.25, 0.3) is 0 Å². The Hall–Kier alpha value is -3.10. The standard InChI is InChI=1S/C22H25N7S/c1-16-7-5-6-8-20(16)21-25-29(22(30)27(21)4)15-26(3)17(2)18-9-11-19(12-10-18)28-14-23-13-24-28/h5-14,17H,15H2,1-4H3/p+1/t17-/m0/s1. The van der Waals surface area contributed by atoms with Crippen molar-refractivity contribution < 1.29 is 4.90 Å². The van der Waals surface area contributed by atoms with Crippen LogP contribution in [0.1, 0.15) is 24.1 Å². The molecular weight excluding hydrogens is 394 g/mol. The van der Waals surface area contributed by atoms with E-state index in [-0.39, 0.29) is 6.04 Å². The van der Waals surface area contributed by atoms with Crippen molar-refractivity contribution >= 4 is 12.2 Å². The van der Waals surface area contributed by atoms with Crippen molar-refractivity contribution in [2.45, 2.75) is 26.6 Å². The highest BCUT2D eigenvalue weighted by Crippen LogP contribution is 2.21. The Kier molecular flexibility index (Phi) is 5.61. The number of benzene rings is 2. The van der Waals surface area contributed by atoms with Crippen molar-refractivity contribution in [1.29, 1.82) is 0 Å². The highest BCUT2D eigenvalue weighted by atomic mass is 32.1. The van der Waals surface area contributed by atoms with Gasteiger partial charge in [-0.2, -0.15) is 9.78 Å². The summed E-state index contributed by atoms with van der Waals surface area (Å²) < 4.78 is 6.39. The summed E-state index contributed by atoms with van der Waals surface area (Å²) in [5, 5.41) is 9.02. The Labute approximate surface area is 181 Å². The summed E-state index contributed by atoms with van der Waals surface area (Å²) in [5.74, 6) is 0.899. The van der Waals surface area contributed by atoms with Crippen LogP contribution >= 0.6 is 12.2 Å². The third-order valence-corrected chi connectivity index (χ3v) is 6.13. The minimum absolute atomic E-state index is 0.278. The summed E-state index contributed by atoms with van der Waals surface area (Å²) in [6, 6.07) is 17.0. The molecular formula is C22H26N7S+. The first-order valence-corrected chi connectivity index (χ1v) is 10.3. The van der Waals surface area contributed by atoms with E-state index in [1.165, 1.54) is 22.4 Å². The van der Waals surface area contributed by atoms with Gasteiger partial charge < -0.3 is 9.47 Å². The van der Waals surface area contributed by atoms with Gasteiger partial charge in [-0.3, -0.25) is 0 Å². The third kappa shape index (κ3) is 3.83. The lowest BCUT2D eigenvalue weighted by Gasteiger charge is -2.22. The van der Waals surface area contributed by atoms with Crippen LogP contribution in [0, 0.1) is 11.7 Å². The fourth-order valence-corrected chi connectivity index (χ4v) is 3.76. The van der Waals surface area contributed by atoms with Crippen molar-refractivity contribution in [2.24, 2.45) is 7.05 Å². The molecule has 0 spiro atoms. The largest absolute Gasteiger partial charge is 0.313 e. The Morgan fingerprint density at radius 3 is 2.50 bits per heavy atom. The second kappa shape index (κ2) is 8.33. The quantitative estimate of drug-likeness (QED) is 0.488. The lowest BCUT2D eigenvalue weighted by Crippen LogP contribution is -3.08. The first-order chi connectivity index (χ1) is 14.5. The van der Waals surface area contributed by atoms with Crippen LogP contribution < -0.4 is 4.90 Å². The van der Waals surface area contributed by atoms with Gasteiger partial charge in [0.2, 0.25) is 4.77 Å². The summed E-state index contributed by atoms with van der Waals surface area (Å²) in [4.78, 5) is 5.30. The van der Waals surface area contributed by atoms with E-state index in [1.807, 2.05) is 28.4 Å². The second-order valence-electron chi connectivity index (χ2n) is 7.64. The van der Waals surface area contributed by atoms with Gasteiger partial charge in [-0.25, -0.2) is 9.67 Å². The zero-order valence-electron chi connectivity index (χ0n) is 17.6. The molecule has 0 amide bonds. The topological polar surface area (TPSA) is 57.9 Å². The first kappa shape index (κ1) is 20.2. The van der Waals surface area contributed by atoms with Crippen LogP contribution in [-0.4, -0.2) is 36.2 Å². The Morgan fingerprint density at radius 1 is 1.10 bits per heavy atom. The van der Waals surface area contributed by atoms with Gasteiger partial charge in [0.15, 0.2) is 12.5 Å². The van der Waals surface area contributed by atoms with E-state index >= 15 is 0 Å². The minimum Gasteiger partial charge on any atom is -0.313 e. The van der Waals surface area contributed by atoms with Crippen molar-refractivity contribution in [1.82, 2.24) is 29.1 Å². The zero-order valence-corrected chi connectivity index (χ0v) is 18.5. The van der Waals surface area contributed by atoms with Crippen LogP contribution in [0.3, 0.4) is 0 Å². The number of hydrogen-bond acceptors (Lipinski definition) is 4. The molecule has 8 heteroatoms. The van der Waals surface area contributed by atoms with Gasteiger partial charge in [-0.15, -0.1) is 5.10 Å². The fourth-order valence-electron chi connectivity index (χ4n) is 3.56. The van der Waals surface area contributed by atoms with Crippen LogP contribution in [0.4, 0.5) is 0 Å². The molecule has 154 valence electrons. The number of nitrogens with one attached hydrogen (secondary N) is 1. The molecule has 0 aliphatic carbocycles. The molecule has 0 saturated carbocycles. The third-order valence-electron chi connectivity index (χ3n) is 5.64. The average molecular weight is 421 g/mol. The lowest BCUT2D eigenvalue weighted by atomic mass is 10.1. The maximum Gasteiger partial charge on any atom is 0.202 e. The molecule has 0 aliphatic heterocycles. The number of quaternary nitrogens is 1. The Bertz CT molecular complexity index is 1190. The minimum atomic E-state index is 0.278. The molecule has 2 aromatic heterocycles. The monoisotopic (exact) mass is 420 g/mol. The molecule has 7 nitrogen and oxygen atoms in total. The van der Waals surface area contributed by atoms with Crippen LogP contribution in [0.15, 0.2) is 61.2 Å². The zero-order chi connectivity index (χ0) is 21.3. The van der Waals surface area contributed by atoms with Crippen molar-refractivity contribution in [3.63, 3.8) is 0 Å². The van der Waals surface area contributed by atoms with Crippen LogP contribution in [0.2, 0.25) is 0 Å². The van der Waals surface area contributed by atoms with E-state index in [0.717, 1.165) is 21.8 Å². The van der Waals surface area contributed by atoms with Crippen LogP contribution in [0.5, 0.6) is 0 Å². The molecule has 1 unspecified atom stereocenters. The van der Waals surface area contributed by atoms with Crippen molar-refractivity contribution in [2.75, 3.05) is 7.05 Å². The van der Waals surface area contributed by atoms with E-state index < -0.39 is 0 Å². The predicted molar refractivity (Wildman–Crippen MR) is 119 cm³/mol. The molecule has 2 heterocycles. The van der Waals surface area contributed by atoms with E-state index in [1.54, 1.807) is 11.0 Å². The lowest BCUT2D eigenvalue weighted by molar-refractivity contribution is -0.933. The molecule has 1 N–H and O–H groups in total. The second-order valence-corrected chi connectivity index (χ2v) is 8.00. The van der Waals surface area contributed by atoms with E-state index in [4.69, 9.17) is 17.3 Å². The molecule has 0 fully saturated rings. The van der Waals surface area contributed by atoms with Gasteiger partial charge >= 0.3 is 0 Å². The van der Waals surface area contributed by atoms with Crippen molar-refractivity contribution in [3.05, 3.63) is 77.1 Å². The molecule has 0 aliphatic rings. The van der Waals surface area contributed by atoms with Gasteiger partial charge in [-0.1, -0.05) is 36.4 Å². The Morgan fingerprint density at radius 2 is 1.83 bits per heavy atom. The number of nitrogens with zero attached hydrogens (tertiary/aromatic N) is 6. The van der Waals surface area contributed by atoms with E-state index in [2.05, 4.69) is 67.4 Å². The van der Waals surface area contributed by atoms with Crippen LogP contribution in [0.25, 0.3) is 17.1 Å². The molecule has 0 radical (unpaired) electrons. The van der Waals surface area contributed by atoms with Crippen LogP contribution in [-0.2, 0) is 13.7 Å². The summed E-state index contributed by atoms with van der Waals surface area (Å²) in [6.07, 6.45) is 3.24. The van der Waals surface area contributed by atoms with E-state index in [9.17, 15) is 0 Å². The van der Waals surface area contributed by atoms with E-state index in [0.29, 0.717) is 6.67 Å². The normalized spacial score (nSPS) is 13.3. The molecule has 4 rings (SSSR count). The predicted octanol–water partition coefficient (Wildman–Crippen LogP) is 2.74. The Balaban J connectivity index is 1.54. The maximum atomic E-state index is 5.68. The number of aromatic nitrogens is 6. The molecule has 0 bridgehead atoms. The summed E-state index contributed by atoms with van der Waals surface area (Å²) >= 11 is 5.68. The summed E-state index contributed by atoms with van der Waals surface area (Å²) in [5.41, 5.74) is 4.54. The first-order valence-electron chi connectivity index (χ1n) is 9.93. The molecule has 4 aromatic rings. The smallest absolute Gasteiger partial charge is 0.202 e. The summed E-state index contributed by atoms with van der Waals surface area (Å²) in [7, 11) is 4.15. The average Bonchev–Trinajstić information content (AvgIpc) is 3.39. The van der Waals surface area contributed by atoms with Gasteiger partial charge in [-0.05, 0) is 43.8 Å². The molecule has 2 atom stereocenters. The molecule has 2 aromatic carbocycles. The number of aryl methyl sites for hydroxylation is 1. The number of hydrogen-bond donors (Lipinski definition) is 1. The van der Waals surface area contributed by atoms with Gasteiger partial charge in [0.05, 0.1) is 12.7 Å². The SMILES string of the molecule is Cc1ccccc1-c1nn(C[NH+](C)[C@@H](C)c2ccc(-n3cncn3)cc2)c(=S)n1C. The van der Waals surface area contributed by atoms with Gasteiger partial charge in [0, 0.05) is 18.2 Å². The molecule has 0 saturated heterocycles.